The Morgan fingerprint density at radius 2 is 1.69 bits per heavy atom. The van der Waals surface area contributed by atoms with Gasteiger partial charge in [-0.05, 0) is 49.9 Å². The third-order valence-corrected chi connectivity index (χ3v) is 8.18. The summed E-state index contributed by atoms with van der Waals surface area (Å²) in [5.74, 6) is 0.119. The van der Waals surface area contributed by atoms with Gasteiger partial charge in [0.15, 0.2) is 12.4 Å². The molecule has 1 aromatic heterocycles. The van der Waals surface area contributed by atoms with Crippen LogP contribution in [0.1, 0.15) is 52.3 Å². The molecular formula is C34H34ClFN6O7. The fourth-order valence-electron chi connectivity index (χ4n) is 5.33. The van der Waals surface area contributed by atoms with Crippen molar-refractivity contribution in [3.63, 3.8) is 0 Å². The zero-order valence-electron chi connectivity index (χ0n) is 27.6. The zero-order chi connectivity index (χ0) is 35.8. The van der Waals surface area contributed by atoms with Gasteiger partial charge in [-0.15, -0.1) is 11.5 Å². The summed E-state index contributed by atoms with van der Waals surface area (Å²) in [6, 6.07) is 6.88. The van der Waals surface area contributed by atoms with Gasteiger partial charge in [0.05, 0.1) is 28.6 Å². The van der Waals surface area contributed by atoms with E-state index < -0.39 is 28.8 Å². The van der Waals surface area contributed by atoms with Gasteiger partial charge in [0.2, 0.25) is 5.89 Å². The number of urea groups is 1. The highest BCUT2D eigenvalue weighted by Gasteiger charge is 2.41. The van der Waals surface area contributed by atoms with Crippen LogP contribution in [-0.2, 0) is 19.8 Å². The van der Waals surface area contributed by atoms with E-state index in [1.165, 1.54) is 15.9 Å². The molecule has 13 nitrogen and oxygen atoms in total. The van der Waals surface area contributed by atoms with Crippen LogP contribution in [0.5, 0.6) is 5.75 Å². The van der Waals surface area contributed by atoms with Crippen LogP contribution < -0.4 is 25.6 Å². The van der Waals surface area contributed by atoms with E-state index in [2.05, 4.69) is 16.3 Å². The van der Waals surface area contributed by atoms with Crippen molar-refractivity contribution in [2.24, 2.45) is 0 Å². The molecule has 0 atom stereocenters. The Labute approximate surface area is 286 Å². The summed E-state index contributed by atoms with van der Waals surface area (Å²) in [4.78, 5) is 64.6. The van der Waals surface area contributed by atoms with E-state index in [4.69, 9.17) is 27.2 Å². The zero-order valence-corrected chi connectivity index (χ0v) is 28.3. The minimum atomic E-state index is -0.764. The number of fused-ring (bicyclic) bond motifs is 1. The van der Waals surface area contributed by atoms with Gasteiger partial charge in [-0.25, -0.2) is 18.9 Å². The SMILES string of the molecule is C#CCN1C(=O)COc2cc(F)c(N3C(=O)C4=C(CCCC4)C3=O)cc21.CN(C)C(=O)Nc1ccc(-n2nc(C(C)(C)C)oc2=O)c(Cl)c1. The molecule has 0 saturated heterocycles. The van der Waals surface area contributed by atoms with Gasteiger partial charge in [0.25, 0.3) is 17.7 Å². The molecule has 1 aliphatic carbocycles. The molecule has 2 aromatic carbocycles. The number of hydrogen-bond acceptors (Lipinski definition) is 8. The smallest absolute Gasteiger partial charge is 0.442 e. The number of nitrogens with zero attached hydrogens (tertiary/aromatic N) is 5. The Morgan fingerprint density at radius 3 is 2.24 bits per heavy atom. The Hall–Kier alpha value is -5.42. The van der Waals surface area contributed by atoms with Crippen molar-refractivity contribution < 1.29 is 32.7 Å². The number of terminal acetylenes is 1. The van der Waals surface area contributed by atoms with E-state index in [0.29, 0.717) is 41.3 Å². The lowest BCUT2D eigenvalue weighted by atomic mass is 9.93. The average molecular weight is 693 g/mol. The lowest BCUT2D eigenvalue weighted by Gasteiger charge is -2.29. The molecule has 2 aliphatic heterocycles. The van der Waals surface area contributed by atoms with Gasteiger partial charge in [-0.3, -0.25) is 19.3 Å². The van der Waals surface area contributed by atoms with Crippen LogP contribution in [0.4, 0.5) is 26.2 Å². The Kier molecular flexibility index (Phi) is 9.69. The van der Waals surface area contributed by atoms with Gasteiger partial charge < -0.3 is 19.4 Å². The predicted molar refractivity (Wildman–Crippen MR) is 180 cm³/mol. The molecule has 15 heteroatoms. The van der Waals surface area contributed by atoms with Crippen molar-refractivity contribution in [1.29, 1.82) is 0 Å². The molecule has 3 aliphatic rings. The van der Waals surface area contributed by atoms with Crippen molar-refractivity contribution in [1.82, 2.24) is 14.7 Å². The summed E-state index contributed by atoms with van der Waals surface area (Å²) in [5, 5.41) is 7.14. The van der Waals surface area contributed by atoms with E-state index in [1.807, 2.05) is 20.8 Å². The first kappa shape index (κ1) is 34.9. The number of rotatable bonds is 4. The molecule has 3 heterocycles. The third-order valence-electron chi connectivity index (χ3n) is 7.87. The van der Waals surface area contributed by atoms with Gasteiger partial charge in [-0.2, -0.15) is 4.68 Å². The normalized spacial score (nSPS) is 15.6. The molecule has 0 unspecified atom stereocenters. The van der Waals surface area contributed by atoms with E-state index in [0.717, 1.165) is 28.5 Å². The van der Waals surface area contributed by atoms with Gasteiger partial charge in [0.1, 0.15) is 5.75 Å². The van der Waals surface area contributed by atoms with Crippen LogP contribution in [0.3, 0.4) is 0 Å². The standard InChI is InChI=1S/C19H15FN2O4.C15H19ClN4O3/c1-2-7-21-15-9-14(13(20)8-16(15)26-10-17(21)23)22-18(24)11-5-3-4-6-12(11)19(22)25;1-15(2,3)12-18-20(14(22)23-12)11-7-6-9(8-10(11)16)17-13(21)19(4)5/h1,8-9H,3-7,10H2;6-8H,1-5H3,(H,17,21). The number of halogens is 2. The molecule has 0 bridgehead atoms. The number of aromatic nitrogens is 2. The van der Waals surface area contributed by atoms with Gasteiger partial charge in [0, 0.05) is 42.4 Å². The lowest BCUT2D eigenvalue weighted by molar-refractivity contribution is -0.121. The third kappa shape index (κ3) is 6.93. The molecule has 49 heavy (non-hydrogen) atoms. The molecule has 256 valence electrons. The van der Waals surface area contributed by atoms with Crippen molar-refractivity contribution in [3.8, 4) is 23.8 Å². The summed E-state index contributed by atoms with van der Waals surface area (Å²) in [6.07, 6.45) is 8.01. The van der Waals surface area contributed by atoms with Gasteiger partial charge in [-0.1, -0.05) is 38.3 Å². The highest BCUT2D eigenvalue weighted by Crippen LogP contribution is 2.41. The number of ether oxygens (including phenoxy) is 1. The maximum Gasteiger partial charge on any atom is 0.442 e. The molecule has 3 aromatic rings. The van der Waals surface area contributed by atoms with Crippen LogP contribution in [0.25, 0.3) is 5.69 Å². The van der Waals surface area contributed by atoms with Crippen LogP contribution in [0, 0.1) is 18.2 Å². The molecular weight excluding hydrogens is 659 g/mol. The van der Waals surface area contributed by atoms with Crippen molar-refractivity contribution >= 4 is 52.4 Å². The first-order valence-corrected chi connectivity index (χ1v) is 15.7. The summed E-state index contributed by atoms with van der Waals surface area (Å²) < 4.78 is 26.2. The van der Waals surface area contributed by atoms with Gasteiger partial charge >= 0.3 is 11.8 Å². The average Bonchev–Trinajstić information content (AvgIpc) is 3.56. The Bertz CT molecular complexity index is 1970. The highest BCUT2D eigenvalue weighted by atomic mass is 35.5. The molecule has 0 radical (unpaired) electrons. The first-order chi connectivity index (χ1) is 23.1. The van der Waals surface area contributed by atoms with E-state index >= 15 is 0 Å². The number of amides is 5. The largest absolute Gasteiger partial charge is 0.481 e. The molecule has 1 N–H and O–H groups in total. The van der Waals surface area contributed by atoms with Crippen molar-refractivity contribution in [2.45, 2.75) is 51.9 Å². The summed E-state index contributed by atoms with van der Waals surface area (Å²) >= 11 is 6.22. The minimum absolute atomic E-state index is 0.0170. The topological polar surface area (TPSA) is 147 Å². The summed E-state index contributed by atoms with van der Waals surface area (Å²) in [6.45, 7) is 5.42. The van der Waals surface area contributed by atoms with E-state index in [-0.39, 0.29) is 47.2 Å². The number of nitrogens with one attached hydrogen (secondary N) is 1. The number of imide groups is 1. The number of anilines is 3. The highest BCUT2D eigenvalue weighted by molar-refractivity contribution is 6.33. The van der Waals surface area contributed by atoms with Crippen LogP contribution in [0.15, 0.2) is 50.7 Å². The monoisotopic (exact) mass is 692 g/mol. The minimum Gasteiger partial charge on any atom is -0.481 e. The Balaban J connectivity index is 0.000000193. The maximum atomic E-state index is 14.7. The molecule has 5 amide bonds. The lowest BCUT2D eigenvalue weighted by Crippen LogP contribution is -2.39. The Morgan fingerprint density at radius 1 is 1.04 bits per heavy atom. The molecule has 0 spiro atoms. The van der Waals surface area contributed by atoms with E-state index in [9.17, 15) is 28.4 Å². The second kappa shape index (κ2) is 13.6. The van der Waals surface area contributed by atoms with Crippen molar-refractivity contribution in [3.05, 3.63) is 68.8 Å². The molecule has 6 rings (SSSR count). The second-order valence-corrected chi connectivity index (χ2v) is 13.1. The second-order valence-electron chi connectivity index (χ2n) is 12.7. The fraction of sp³-hybridized carbons (Fsp3) is 0.353. The van der Waals surface area contributed by atoms with Crippen molar-refractivity contribution in [2.75, 3.05) is 42.4 Å². The predicted octanol–water partition coefficient (Wildman–Crippen LogP) is 4.80. The summed E-state index contributed by atoms with van der Waals surface area (Å²) in [7, 11) is 3.27. The number of hydrogen-bond donors (Lipinski definition) is 1. The number of benzene rings is 2. The maximum absolute atomic E-state index is 14.7. The van der Waals surface area contributed by atoms with Crippen LogP contribution in [0.2, 0.25) is 5.02 Å². The van der Waals surface area contributed by atoms with E-state index in [1.54, 1.807) is 32.3 Å². The number of carbonyl (C=O) groups is 4. The first-order valence-electron chi connectivity index (χ1n) is 15.3. The summed E-state index contributed by atoms with van der Waals surface area (Å²) in [5.41, 5.74) is 1.51. The van der Waals surface area contributed by atoms with Crippen LogP contribution in [-0.4, -0.2) is 65.7 Å². The molecule has 0 saturated carbocycles. The molecule has 0 fully saturated rings. The van der Waals surface area contributed by atoms with Crippen LogP contribution >= 0.6 is 11.6 Å². The quantitative estimate of drug-likeness (QED) is 0.303. The number of carbonyl (C=O) groups excluding carboxylic acids is 4. The fourth-order valence-corrected chi connectivity index (χ4v) is 5.59.